The molecular formula is C17H17N3O2S. The van der Waals surface area contributed by atoms with Gasteiger partial charge in [-0.2, -0.15) is 0 Å². The summed E-state index contributed by atoms with van der Waals surface area (Å²) in [7, 11) is -1.70. The molecule has 23 heavy (non-hydrogen) atoms. The van der Waals surface area contributed by atoms with Gasteiger partial charge in [-0.3, -0.25) is 4.98 Å². The Labute approximate surface area is 135 Å². The lowest BCUT2D eigenvalue weighted by Gasteiger charge is -2.04. The Morgan fingerprint density at radius 1 is 1.22 bits per heavy atom. The summed E-state index contributed by atoms with van der Waals surface area (Å²) in [5, 5.41) is 3.92. The fourth-order valence-electron chi connectivity index (χ4n) is 2.44. The highest BCUT2D eigenvalue weighted by Crippen LogP contribution is 2.26. The van der Waals surface area contributed by atoms with Gasteiger partial charge in [-0.1, -0.05) is 36.4 Å². The monoisotopic (exact) mass is 327 g/mol. The van der Waals surface area contributed by atoms with Gasteiger partial charge in [-0.25, -0.2) is 12.4 Å². The lowest BCUT2D eigenvalue weighted by atomic mass is 10.2. The van der Waals surface area contributed by atoms with E-state index in [-0.39, 0.29) is 5.75 Å². The summed E-state index contributed by atoms with van der Waals surface area (Å²) in [6.07, 6.45) is 8.39. The van der Waals surface area contributed by atoms with Crippen LogP contribution in [0.5, 0.6) is 0 Å². The molecule has 3 rings (SSSR count). The third kappa shape index (κ3) is 3.12. The van der Waals surface area contributed by atoms with Crippen LogP contribution in [0.4, 0.5) is 5.69 Å². The van der Waals surface area contributed by atoms with E-state index in [1.165, 1.54) is 3.97 Å². The standard InChI is InChI=1S/C17H17N3O2S/c1-18-16-13-20(17-9-3-2-8-15(16)17)23(21,22)11-5-7-14-6-4-10-19-12-14/h2-10,12-13,18H,11H2,1H3. The molecule has 0 radical (unpaired) electrons. The molecule has 0 aliphatic carbocycles. The molecule has 0 bridgehead atoms. The zero-order valence-electron chi connectivity index (χ0n) is 12.7. The summed E-state index contributed by atoms with van der Waals surface area (Å²) in [6.45, 7) is 0. The molecule has 118 valence electrons. The van der Waals surface area contributed by atoms with Crippen LogP contribution in [0.1, 0.15) is 5.56 Å². The van der Waals surface area contributed by atoms with Crippen molar-refractivity contribution in [1.82, 2.24) is 8.96 Å². The largest absolute Gasteiger partial charge is 0.386 e. The fourth-order valence-corrected chi connectivity index (χ4v) is 3.66. The molecule has 0 aliphatic heterocycles. The van der Waals surface area contributed by atoms with Gasteiger partial charge in [0.15, 0.2) is 0 Å². The molecule has 1 N–H and O–H groups in total. The number of hydrogen-bond donors (Lipinski definition) is 1. The molecular weight excluding hydrogens is 310 g/mol. The van der Waals surface area contributed by atoms with Crippen molar-refractivity contribution in [3.05, 3.63) is 66.6 Å². The molecule has 1 aromatic carbocycles. The molecule has 5 nitrogen and oxygen atoms in total. The van der Waals surface area contributed by atoms with Crippen LogP contribution < -0.4 is 5.32 Å². The van der Waals surface area contributed by atoms with Crippen LogP contribution in [-0.4, -0.2) is 30.2 Å². The zero-order chi connectivity index (χ0) is 16.3. The number of hydrogen-bond acceptors (Lipinski definition) is 4. The van der Waals surface area contributed by atoms with Crippen molar-refractivity contribution in [2.45, 2.75) is 0 Å². The maximum atomic E-state index is 12.6. The molecule has 0 fully saturated rings. The van der Waals surface area contributed by atoms with E-state index in [4.69, 9.17) is 0 Å². The Kier molecular flexibility index (Phi) is 4.16. The van der Waals surface area contributed by atoms with E-state index in [0.29, 0.717) is 5.52 Å². The Balaban J connectivity index is 1.93. The minimum Gasteiger partial charge on any atom is -0.386 e. The highest BCUT2D eigenvalue weighted by molar-refractivity contribution is 7.90. The fraction of sp³-hybridized carbons (Fsp3) is 0.118. The van der Waals surface area contributed by atoms with Crippen LogP contribution in [0.15, 0.2) is 61.1 Å². The van der Waals surface area contributed by atoms with Crippen LogP contribution in [0.25, 0.3) is 17.0 Å². The highest BCUT2D eigenvalue weighted by Gasteiger charge is 2.16. The number of rotatable bonds is 5. The second kappa shape index (κ2) is 6.26. The van der Waals surface area contributed by atoms with Gasteiger partial charge in [0.2, 0.25) is 10.0 Å². The average Bonchev–Trinajstić information content (AvgIpc) is 2.95. The summed E-state index contributed by atoms with van der Waals surface area (Å²) < 4.78 is 26.6. The number of fused-ring (bicyclic) bond motifs is 1. The molecule has 0 aliphatic rings. The van der Waals surface area contributed by atoms with Crippen molar-refractivity contribution in [3.8, 4) is 0 Å². The summed E-state index contributed by atoms with van der Waals surface area (Å²) in [5.41, 5.74) is 2.34. The van der Waals surface area contributed by atoms with Crippen molar-refractivity contribution in [1.29, 1.82) is 0 Å². The Hall–Kier alpha value is -2.60. The van der Waals surface area contributed by atoms with Crippen molar-refractivity contribution < 1.29 is 8.42 Å². The topological polar surface area (TPSA) is 64.0 Å². The highest BCUT2D eigenvalue weighted by atomic mass is 32.2. The van der Waals surface area contributed by atoms with Crippen molar-refractivity contribution in [2.75, 3.05) is 18.1 Å². The zero-order valence-corrected chi connectivity index (χ0v) is 13.5. The van der Waals surface area contributed by atoms with E-state index in [9.17, 15) is 8.42 Å². The normalized spacial score (nSPS) is 12.0. The van der Waals surface area contributed by atoms with Crippen LogP contribution in [-0.2, 0) is 10.0 Å². The number of anilines is 1. The van der Waals surface area contributed by atoms with Crippen LogP contribution in [0.3, 0.4) is 0 Å². The average molecular weight is 327 g/mol. The predicted octanol–water partition coefficient (Wildman–Crippen LogP) is 2.97. The number of pyridine rings is 1. The second-order valence-corrected chi connectivity index (χ2v) is 6.96. The first-order chi connectivity index (χ1) is 11.1. The third-order valence-corrected chi connectivity index (χ3v) is 5.06. The quantitative estimate of drug-likeness (QED) is 0.782. The second-order valence-electron chi connectivity index (χ2n) is 5.07. The first-order valence-electron chi connectivity index (χ1n) is 7.19. The van der Waals surface area contributed by atoms with Crippen LogP contribution in [0.2, 0.25) is 0 Å². The number of para-hydroxylation sites is 1. The number of aromatic nitrogens is 2. The Morgan fingerprint density at radius 2 is 2.04 bits per heavy atom. The lowest BCUT2D eigenvalue weighted by molar-refractivity contribution is 0.592. The van der Waals surface area contributed by atoms with Gasteiger partial charge in [0.25, 0.3) is 0 Å². The summed E-state index contributed by atoms with van der Waals surface area (Å²) in [5.74, 6) is -0.0796. The van der Waals surface area contributed by atoms with Crippen molar-refractivity contribution in [2.24, 2.45) is 0 Å². The molecule has 2 heterocycles. The minimum atomic E-state index is -3.48. The van der Waals surface area contributed by atoms with E-state index in [1.54, 1.807) is 43.9 Å². The molecule has 0 unspecified atom stereocenters. The van der Waals surface area contributed by atoms with Gasteiger partial charge >= 0.3 is 0 Å². The van der Waals surface area contributed by atoms with E-state index >= 15 is 0 Å². The van der Waals surface area contributed by atoms with Gasteiger partial charge in [0.05, 0.1) is 17.0 Å². The molecule has 2 aromatic heterocycles. The number of nitrogens with one attached hydrogen (secondary N) is 1. The molecule has 0 amide bonds. The number of nitrogens with zero attached hydrogens (tertiary/aromatic N) is 2. The first-order valence-corrected chi connectivity index (χ1v) is 8.80. The smallest absolute Gasteiger partial charge is 0.242 e. The number of benzene rings is 1. The van der Waals surface area contributed by atoms with Crippen molar-refractivity contribution in [3.63, 3.8) is 0 Å². The van der Waals surface area contributed by atoms with Gasteiger partial charge in [-0.05, 0) is 17.7 Å². The predicted molar refractivity (Wildman–Crippen MR) is 93.9 cm³/mol. The molecule has 6 heteroatoms. The van der Waals surface area contributed by atoms with Gasteiger partial charge in [0.1, 0.15) is 0 Å². The maximum Gasteiger partial charge on any atom is 0.242 e. The van der Waals surface area contributed by atoms with Gasteiger partial charge < -0.3 is 5.32 Å². The maximum absolute atomic E-state index is 12.6. The van der Waals surface area contributed by atoms with Crippen molar-refractivity contribution >= 4 is 32.7 Å². The minimum absolute atomic E-state index is 0.0796. The Bertz CT molecular complexity index is 944. The molecule has 0 saturated heterocycles. The molecule has 3 aromatic rings. The SMILES string of the molecule is CNc1cn(S(=O)(=O)CC=Cc2cccnc2)c2ccccc12. The van der Waals surface area contributed by atoms with E-state index < -0.39 is 10.0 Å². The van der Waals surface area contributed by atoms with Gasteiger partial charge in [0, 0.05) is 31.0 Å². The summed E-state index contributed by atoms with van der Waals surface area (Å²) in [4.78, 5) is 4.00. The van der Waals surface area contributed by atoms with E-state index in [2.05, 4.69) is 10.3 Å². The Morgan fingerprint density at radius 3 is 2.78 bits per heavy atom. The van der Waals surface area contributed by atoms with Crippen LogP contribution >= 0.6 is 0 Å². The first kappa shape index (κ1) is 15.3. The third-order valence-electron chi connectivity index (χ3n) is 3.55. The van der Waals surface area contributed by atoms with E-state index in [0.717, 1.165) is 16.6 Å². The summed E-state index contributed by atoms with van der Waals surface area (Å²) >= 11 is 0. The van der Waals surface area contributed by atoms with Gasteiger partial charge in [-0.15, -0.1) is 0 Å². The van der Waals surface area contributed by atoms with E-state index in [1.807, 2.05) is 30.3 Å². The molecule has 0 spiro atoms. The van der Waals surface area contributed by atoms with Crippen LogP contribution in [0, 0.1) is 0 Å². The summed E-state index contributed by atoms with van der Waals surface area (Å²) in [6, 6.07) is 11.1. The molecule has 0 saturated carbocycles. The lowest BCUT2D eigenvalue weighted by Crippen LogP contribution is -2.14. The molecule has 0 atom stereocenters.